The van der Waals surface area contributed by atoms with E-state index in [9.17, 15) is 9.18 Å². The van der Waals surface area contributed by atoms with Crippen LogP contribution < -0.4 is 0 Å². The third-order valence-corrected chi connectivity index (χ3v) is 2.57. The van der Waals surface area contributed by atoms with Gasteiger partial charge in [0.2, 0.25) is 0 Å². The monoisotopic (exact) mass is 233 g/mol. The lowest BCUT2D eigenvalue weighted by Gasteiger charge is -2.02. The summed E-state index contributed by atoms with van der Waals surface area (Å²) in [5.41, 5.74) is 0.0919. The highest BCUT2D eigenvalue weighted by Gasteiger charge is 2.12. The van der Waals surface area contributed by atoms with Crippen LogP contribution in [-0.2, 0) is 13.5 Å². The fourth-order valence-corrected chi connectivity index (χ4v) is 1.60. The molecule has 0 aliphatic heterocycles. The van der Waals surface area contributed by atoms with E-state index in [1.807, 2.05) is 17.8 Å². The molecule has 17 heavy (non-hydrogen) atoms. The Hall–Kier alpha value is -2.04. The van der Waals surface area contributed by atoms with Crippen LogP contribution in [0.1, 0.15) is 22.6 Å². The number of aryl methyl sites for hydroxylation is 2. The van der Waals surface area contributed by atoms with Crippen molar-refractivity contribution in [1.82, 2.24) is 14.5 Å². The molecule has 2 aromatic heterocycles. The van der Waals surface area contributed by atoms with Crippen LogP contribution in [0.4, 0.5) is 4.39 Å². The second-order valence-electron chi connectivity index (χ2n) is 3.73. The largest absolute Gasteiger partial charge is 0.338 e. The molecule has 0 N–H and O–H groups in total. The highest BCUT2D eigenvalue weighted by atomic mass is 19.1. The van der Waals surface area contributed by atoms with Gasteiger partial charge in [0.05, 0.1) is 11.8 Å². The number of ketones is 1. The number of carbonyl (C=O) groups is 1. The third kappa shape index (κ3) is 2.55. The van der Waals surface area contributed by atoms with E-state index in [2.05, 4.69) is 9.97 Å². The summed E-state index contributed by atoms with van der Waals surface area (Å²) in [6.07, 6.45) is 6.70. The molecule has 0 aliphatic carbocycles. The fraction of sp³-hybridized carbons (Fsp3) is 0.250. The highest BCUT2D eigenvalue weighted by Crippen LogP contribution is 2.09. The smallest absolute Gasteiger partial charge is 0.166 e. The van der Waals surface area contributed by atoms with E-state index < -0.39 is 5.82 Å². The zero-order chi connectivity index (χ0) is 12.3. The predicted molar refractivity (Wildman–Crippen MR) is 60.1 cm³/mol. The molecule has 5 heteroatoms. The Bertz CT molecular complexity index is 536. The van der Waals surface area contributed by atoms with Gasteiger partial charge in [-0.15, -0.1) is 0 Å². The molecule has 4 nitrogen and oxygen atoms in total. The lowest BCUT2D eigenvalue weighted by Crippen LogP contribution is -2.06. The lowest BCUT2D eigenvalue weighted by molar-refractivity contribution is 0.0978. The molecular weight excluding hydrogens is 221 g/mol. The third-order valence-electron chi connectivity index (χ3n) is 2.57. The molecule has 0 radical (unpaired) electrons. The van der Waals surface area contributed by atoms with Crippen molar-refractivity contribution in [3.05, 3.63) is 48.1 Å². The van der Waals surface area contributed by atoms with Gasteiger partial charge >= 0.3 is 0 Å². The molecule has 0 aliphatic rings. The minimum absolute atomic E-state index is 0.0919. The maximum atomic E-state index is 13.3. The molecule has 2 heterocycles. The average Bonchev–Trinajstić information content (AvgIpc) is 2.72. The van der Waals surface area contributed by atoms with Gasteiger partial charge in [-0.25, -0.2) is 9.37 Å². The van der Waals surface area contributed by atoms with E-state index in [1.54, 1.807) is 6.20 Å². The molecule has 0 bridgehead atoms. The van der Waals surface area contributed by atoms with Gasteiger partial charge in [0, 0.05) is 38.5 Å². The van der Waals surface area contributed by atoms with Crippen LogP contribution in [-0.4, -0.2) is 20.3 Å². The van der Waals surface area contributed by atoms with Crippen molar-refractivity contribution in [2.75, 3.05) is 0 Å². The van der Waals surface area contributed by atoms with Gasteiger partial charge in [-0.1, -0.05) is 0 Å². The number of rotatable bonds is 4. The summed E-state index contributed by atoms with van der Waals surface area (Å²) >= 11 is 0. The van der Waals surface area contributed by atoms with Crippen LogP contribution in [0.25, 0.3) is 0 Å². The minimum atomic E-state index is -0.572. The Labute approximate surface area is 98.1 Å². The number of Topliss-reactive ketones (excluding diaryl/α,β-unsaturated/α-hetero) is 1. The number of imidazole rings is 1. The summed E-state index contributed by atoms with van der Waals surface area (Å²) in [7, 11) is 1.86. The zero-order valence-corrected chi connectivity index (χ0v) is 9.43. The van der Waals surface area contributed by atoms with Crippen LogP contribution in [0.3, 0.4) is 0 Å². The van der Waals surface area contributed by atoms with Gasteiger partial charge in [0.1, 0.15) is 5.82 Å². The normalized spacial score (nSPS) is 10.5. The maximum Gasteiger partial charge on any atom is 0.166 e. The first-order chi connectivity index (χ1) is 8.18. The Kier molecular flexibility index (Phi) is 3.27. The van der Waals surface area contributed by atoms with Crippen molar-refractivity contribution < 1.29 is 9.18 Å². The second kappa shape index (κ2) is 4.86. The summed E-state index contributed by atoms with van der Waals surface area (Å²) in [5.74, 6) is 0.0121. The zero-order valence-electron chi connectivity index (χ0n) is 9.43. The summed E-state index contributed by atoms with van der Waals surface area (Å²) in [5, 5.41) is 0. The minimum Gasteiger partial charge on any atom is -0.338 e. The lowest BCUT2D eigenvalue weighted by atomic mass is 10.1. The average molecular weight is 233 g/mol. The van der Waals surface area contributed by atoms with Gasteiger partial charge in [-0.3, -0.25) is 9.78 Å². The van der Waals surface area contributed by atoms with Crippen molar-refractivity contribution in [3.63, 3.8) is 0 Å². The first kappa shape index (κ1) is 11.4. The molecule has 0 amide bonds. The number of pyridine rings is 1. The quantitative estimate of drug-likeness (QED) is 0.756. The van der Waals surface area contributed by atoms with E-state index in [-0.39, 0.29) is 17.8 Å². The predicted octanol–water partition coefficient (Wildman–Crippen LogP) is 1.77. The fourth-order valence-electron chi connectivity index (χ4n) is 1.60. The van der Waals surface area contributed by atoms with Crippen molar-refractivity contribution in [2.24, 2.45) is 7.05 Å². The van der Waals surface area contributed by atoms with Crippen LogP contribution in [0, 0.1) is 5.82 Å². The second-order valence-corrected chi connectivity index (χ2v) is 3.73. The van der Waals surface area contributed by atoms with Crippen molar-refractivity contribution in [3.8, 4) is 0 Å². The van der Waals surface area contributed by atoms with Gasteiger partial charge in [0.15, 0.2) is 11.6 Å². The summed E-state index contributed by atoms with van der Waals surface area (Å²) < 4.78 is 15.1. The summed E-state index contributed by atoms with van der Waals surface area (Å²) in [6, 6.07) is 1.40. The van der Waals surface area contributed by atoms with Crippen molar-refractivity contribution in [1.29, 1.82) is 0 Å². The molecule has 2 aromatic rings. The van der Waals surface area contributed by atoms with Crippen LogP contribution >= 0.6 is 0 Å². The Morgan fingerprint density at radius 2 is 2.29 bits per heavy atom. The number of halogens is 1. The van der Waals surface area contributed by atoms with E-state index >= 15 is 0 Å². The number of nitrogens with zero attached hydrogens (tertiary/aromatic N) is 3. The molecule has 0 aromatic carbocycles. The standard InChI is InChI=1S/C12H12FN3O/c1-16-7-6-15-12(16)3-2-11(17)9-4-5-14-8-10(9)13/h4-8H,2-3H2,1H3. The molecular formula is C12H12FN3O. The van der Waals surface area contributed by atoms with Gasteiger partial charge < -0.3 is 4.57 Å². The first-order valence-corrected chi connectivity index (χ1v) is 5.27. The number of aromatic nitrogens is 3. The molecule has 0 spiro atoms. The summed E-state index contributed by atoms with van der Waals surface area (Å²) in [4.78, 5) is 19.5. The van der Waals surface area contributed by atoms with Gasteiger partial charge in [-0.05, 0) is 6.07 Å². The van der Waals surface area contributed by atoms with E-state index in [4.69, 9.17) is 0 Å². The van der Waals surface area contributed by atoms with Crippen molar-refractivity contribution in [2.45, 2.75) is 12.8 Å². The van der Waals surface area contributed by atoms with Crippen LogP contribution in [0.5, 0.6) is 0 Å². The molecule has 0 unspecified atom stereocenters. The molecule has 2 rings (SSSR count). The van der Waals surface area contributed by atoms with Crippen LogP contribution in [0.2, 0.25) is 0 Å². The number of hydrogen-bond acceptors (Lipinski definition) is 3. The first-order valence-electron chi connectivity index (χ1n) is 5.27. The van der Waals surface area contributed by atoms with E-state index in [0.717, 1.165) is 12.0 Å². The molecule has 88 valence electrons. The Balaban J connectivity index is 2.04. The van der Waals surface area contributed by atoms with Crippen LogP contribution in [0.15, 0.2) is 30.9 Å². The Morgan fingerprint density at radius 1 is 1.47 bits per heavy atom. The molecule has 0 atom stereocenters. The number of hydrogen-bond donors (Lipinski definition) is 0. The molecule has 0 saturated carbocycles. The number of carbonyl (C=O) groups excluding carboxylic acids is 1. The topological polar surface area (TPSA) is 47.8 Å². The molecule has 0 saturated heterocycles. The van der Waals surface area contributed by atoms with E-state index in [1.165, 1.54) is 12.3 Å². The summed E-state index contributed by atoms with van der Waals surface area (Å²) in [6.45, 7) is 0. The molecule has 0 fully saturated rings. The highest BCUT2D eigenvalue weighted by molar-refractivity contribution is 5.96. The Morgan fingerprint density at radius 3 is 2.94 bits per heavy atom. The van der Waals surface area contributed by atoms with Crippen molar-refractivity contribution >= 4 is 5.78 Å². The van der Waals surface area contributed by atoms with Gasteiger partial charge in [-0.2, -0.15) is 0 Å². The van der Waals surface area contributed by atoms with Gasteiger partial charge in [0.25, 0.3) is 0 Å². The maximum absolute atomic E-state index is 13.3. The SMILES string of the molecule is Cn1ccnc1CCC(=O)c1ccncc1F. The van der Waals surface area contributed by atoms with E-state index in [0.29, 0.717) is 6.42 Å².